The van der Waals surface area contributed by atoms with E-state index in [1.807, 2.05) is 6.07 Å². The van der Waals surface area contributed by atoms with Crippen LogP contribution in [0.1, 0.15) is 11.1 Å². The van der Waals surface area contributed by atoms with Crippen molar-refractivity contribution in [1.29, 1.82) is 5.26 Å². The molecule has 1 nitrogen and oxygen atoms in total. The van der Waals surface area contributed by atoms with Crippen molar-refractivity contribution in [2.24, 2.45) is 0 Å². The summed E-state index contributed by atoms with van der Waals surface area (Å²) < 4.78 is 0.896. The lowest BCUT2D eigenvalue weighted by Crippen LogP contribution is -1.80. The van der Waals surface area contributed by atoms with Crippen LogP contribution in [0.25, 0.3) is 0 Å². The molecule has 0 aliphatic heterocycles. The van der Waals surface area contributed by atoms with Crippen molar-refractivity contribution >= 4 is 27.5 Å². The van der Waals surface area contributed by atoms with Crippen molar-refractivity contribution in [3.63, 3.8) is 0 Å². The molecule has 0 N–H and O–H groups in total. The number of halogens is 2. The predicted octanol–water partition coefficient (Wildman–Crippen LogP) is 3.06. The van der Waals surface area contributed by atoms with Gasteiger partial charge in [0.2, 0.25) is 0 Å². The minimum Gasteiger partial charge on any atom is -0.192 e. The number of alkyl halides is 1. The standard InChI is InChI=1S/C8H5BrClN/c9-8-2-6(4-10)1-7(3-8)5-11/h1-3H,4H2. The first kappa shape index (κ1) is 8.58. The van der Waals surface area contributed by atoms with E-state index in [-0.39, 0.29) is 0 Å². The fraction of sp³-hybridized carbons (Fsp3) is 0.125. The Hall–Kier alpha value is -0.520. The normalized spacial score (nSPS) is 9.18. The number of nitriles is 1. The van der Waals surface area contributed by atoms with E-state index in [4.69, 9.17) is 16.9 Å². The molecule has 0 bridgehead atoms. The van der Waals surface area contributed by atoms with Crippen LogP contribution in [0.4, 0.5) is 0 Å². The molecule has 0 aliphatic carbocycles. The summed E-state index contributed by atoms with van der Waals surface area (Å²) >= 11 is 8.88. The molecule has 0 saturated heterocycles. The Balaban J connectivity index is 3.15. The summed E-state index contributed by atoms with van der Waals surface area (Å²) in [5.74, 6) is 0.439. The second-order valence-corrected chi connectivity index (χ2v) is 3.28. The van der Waals surface area contributed by atoms with Gasteiger partial charge in [-0.2, -0.15) is 5.26 Å². The third-order valence-corrected chi connectivity index (χ3v) is 2.01. The highest BCUT2D eigenvalue weighted by Crippen LogP contribution is 2.16. The summed E-state index contributed by atoms with van der Waals surface area (Å²) in [5.41, 5.74) is 1.59. The fourth-order valence-electron chi connectivity index (χ4n) is 0.792. The lowest BCUT2D eigenvalue weighted by molar-refractivity contribution is 1.36. The molecule has 0 spiro atoms. The van der Waals surface area contributed by atoms with Crippen molar-refractivity contribution in [3.8, 4) is 6.07 Å². The molecule has 1 rings (SSSR count). The molecule has 0 radical (unpaired) electrons. The van der Waals surface area contributed by atoms with E-state index in [0.29, 0.717) is 11.4 Å². The smallest absolute Gasteiger partial charge is 0.0992 e. The monoisotopic (exact) mass is 229 g/mol. The first-order chi connectivity index (χ1) is 5.26. The SMILES string of the molecule is N#Cc1cc(Br)cc(CCl)c1. The molecule has 0 aromatic heterocycles. The van der Waals surface area contributed by atoms with Gasteiger partial charge in [0.1, 0.15) is 0 Å². The van der Waals surface area contributed by atoms with Crippen LogP contribution >= 0.6 is 27.5 Å². The second kappa shape index (κ2) is 3.75. The zero-order valence-electron chi connectivity index (χ0n) is 5.64. The van der Waals surface area contributed by atoms with Crippen molar-refractivity contribution in [3.05, 3.63) is 33.8 Å². The predicted molar refractivity (Wildman–Crippen MR) is 48.4 cm³/mol. The van der Waals surface area contributed by atoms with E-state index in [9.17, 15) is 0 Å². The molecular formula is C8H5BrClN. The molecule has 11 heavy (non-hydrogen) atoms. The highest BCUT2D eigenvalue weighted by atomic mass is 79.9. The van der Waals surface area contributed by atoms with Gasteiger partial charge in [-0.15, -0.1) is 11.6 Å². The van der Waals surface area contributed by atoms with Gasteiger partial charge in [-0.05, 0) is 23.8 Å². The Morgan fingerprint density at radius 3 is 2.73 bits per heavy atom. The number of hydrogen-bond acceptors (Lipinski definition) is 1. The van der Waals surface area contributed by atoms with Crippen molar-refractivity contribution in [2.75, 3.05) is 0 Å². The van der Waals surface area contributed by atoms with Crippen molar-refractivity contribution < 1.29 is 0 Å². The van der Waals surface area contributed by atoms with Gasteiger partial charge < -0.3 is 0 Å². The maximum absolute atomic E-state index is 8.57. The molecule has 0 aliphatic rings. The average molecular weight is 230 g/mol. The highest BCUT2D eigenvalue weighted by Gasteiger charge is 1.96. The van der Waals surface area contributed by atoms with E-state index in [1.165, 1.54) is 0 Å². The summed E-state index contributed by atoms with van der Waals surface area (Å²) in [6.45, 7) is 0. The Morgan fingerprint density at radius 2 is 2.18 bits per heavy atom. The minimum atomic E-state index is 0.439. The van der Waals surface area contributed by atoms with Crippen LogP contribution in [0.3, 0.4) is 0 Å². The number of benzene rings is 1. The van der Waals surface area contributed by atoms with Crippen LogP contribution < -0.4 is 0 Å². The second-order valence-electron chi connectivity index (χ2n) is 2.09. The van der Waals surface area contributed by atoms with E-state index in [0.717, 1.165) is 10.0 Å². The van der Waals surface area contributed by atoms with Gasteiger partial charge in [-0.3, -0.25) is 0 Å². The lowest BCUT2D eigenvalue weighted by Gasteiger charge is -1.96. The quantitative estimate of drug-likeness (QED) is 0.680. The van der Waals surface area contributed by atoms with Gasteiger partial charge in [0.05, 0.1) is 11.6 Å². The molecule has 3 heteroatoms. The summed E-state index contributed by atoms with van der Waals surface area (Å²) in [6.07, 6.45) is 0. The third-order valence-electron chi connectivity index (χ3n) is 1.24. The molecule has 0 saturated carbocycles. The van der Waals surface area contributed by atoms with Crippen LogP contribution in [0.5, 0.6) is 0 Å². The summed E-state index contributed by atoms with van der Waals surface area (Å²) in [5, 5.41) is 8.57. The molecule has 1 aromatic rings. The van der Waals surface area contributed by atoms with Crippen LogP contribution in [0.15, 0.2) is 22.7 Å². The van der Waals surface area contributed by atoms with Crippen LogP contribution in [-0.2, 0) is 5.88 Å². The summed E-state index contributed by atoms with van der Waals surface area (Å²) in [7, 11) is 0. The molecule has 0 unspecified atom stereocenters. The number of hydrogen-bond donors (Lipinski definition) is 0. The zero-order valence-corrected chi connectivity index (χ0v) is 7.98. The number of rotatable bonds is 1. The molecule has 0 amide bonds. The average Bonchev–Trinajstić information content (AvgIpc) is 2.03. The maximum Gasteiger partial charge on any atom is 0.0992 e. The van der Waals surface area contributed by atoms with E-state index in [1.54, 1.807) is 12.1 Å². The van der Waals surface area contributed by atoms with Gasteiger partial charge in [-0.1, -0.05) is 15.9 Å². The molecule has 0 atom stereocenters. The van der Waals surface area contributed by atoms with Gasteiger partial charge in [-0.25, -0.2) is 0 Å². The Labute approximate surface area is 78.7 Å². The van der Waals surface area contributed by atoms with Crippen LogP contribution in [-0.4, -0.2) is 0 Å². The van der Waals surface area contributed by atoms with E-state index >= 15 is 0 Å². The Bertz CT molecular complexity index is 303. The van der Waals surface area contributed by atoms with E-state index in [2.05, 4.69) is 22.0 Å². The highest BCUT2D eigenvalue weighted by molar-refractivity contribution is 9.10. The lowest BCUT2D eigenvalue weighted by atomic mass is 10.2. The van der Waals surface area contributed by atoms with Crippen molar-refractivity contribution in [1.82, 2.24) is 0 Å². The van der Waals surface area contributed by atoms with Crippen LogP contribution in [0.2, 0.25) is 0 Å². The first-order valence-electron chi connectivity index (χ1n) is 3.02. The first-order valence-corrected chi connectivity index (χ1v) is 4.34. The Morgan fingerprint density at radius 1 is 1.45 bits per heavy atom. The molecule has 1 aromatic carbocycles. The third kappa shape index (κ3) is 2.21. The fourth-order valence-corrected chi connectivity index (χ4v) is 1.49. The molecule has 56 valence electrons. The van der Waals surface area contributed by atoms with Crippen LogP contribution in [0, 0.1) is 11.3 Å². The summed E-state index contributed by atoms with van der Waals surface area (Å²) in [6, 6.07) is 7.49. The van der Waals surface area contributed by atoms with Gasteiger partial charge in [0.15, 0.2) is 0 Å². The van der Waals surface area contributed by atoms with E-state index < -0.39 is 0 Å². The van der Waals surface area contributed by atoms with Gasteiger partial charge in [0.25, 0.3) is 0 Å². The minimum absolute atomic E-state index is 0.439. The number of nitrogens with zero attached hydrogens (tertiary/aromatic N) is 1. The van der Waals surface area contributed by atoms with Gasteiger partial charge in [0, 0.05) is 10.4 Å². The molecule has 0 fully saturated rings. The summed E-state index contributed by atoms with van der Waals surface area (Å²) in [4.78, 5) is 0. The molecular weight excluding hydrogens is 225 g/mol. The Kier molecular flexibility index (Phi) is 2.92. The van der Waals surface area contributed by atoms with Gasteiger partial charge >= 0.3 is 0 Å². The maximum atomic E-state index is 8.57. The molecule has 0 heterocycles. The van der Waals surface area contributed by atoms with Crippen molar-refractivity contribution in [2.45, 2.75) is 5.88 Å². The zero-order chi connectivity index (χ0) is 8.27. The topological polar surface area (TPSA) is 23.8 Å². The largest absolute Gasteiger partial charge is 0.192 e.